The Hall–Kier alpha value is -2.28. The van der Waals surface area contributed by atoms with Gasteiger partial charge in [0.25, 0.3) is 11.8 Å². The predicted octanol–water partition coefficient (Wildman–Crippen LogP) is 1.88. The Morgan fingerprint density at radius 2 is 1.70 bits per heavy atom. The number of nitrogens with one attached hydrogen (secondary N) is 3. The van der Waals surface area contributed by atoms with Crippen LogP contribution in [0.4, 0.5) is 5.69 Å². The molecule has 4 atom stereocenters. The molecule has 2 amide bonds. The molecule has 0 aliphatic heterocycles. The molecule has 2 rings (SSSR count). The Balaban J connectivity index is 1.84. The molecule has 1 unspecified atom stereocenters. The summed E-state index contributed by atoms with van der Waals surface area (Å²) < 4.78 is 11.1. The molecule has 168 valence electrons. The van der Waals surface area contributed by atoms with Crippen LogP contribution in [-0.2, 0) is 9.59 Å². The van der Waals surface area contributed by atoms with Gasteiger partial charge in [0.1, 0.15) is 0 Å². The SMILES string of the molecule is CCOc1ccc(NC(=O)C[NH+](C)CC(=O)N[C@H]2CCC[C@H](C)[C@@H]2C)cc1OCC. The van der Waals surface area contributed by atoms with Gasteiger partial charge in [0, 0.05) is 17.8 Å². The number of ether oxygens (including phenoxy) is 2. The first-order valence-corrected chi connectivity index (χ1v) is 11.1. The summed E-state index contributed by atoms with van der Waals surface area (Å²) >= 11 is 0. The molecule has 0 aromatic heterocycles. The average Bonchev–Trinajstić information content (AvgIpc) is 2.67. The minimum atomic E-state index is -0.147. The van der Waals surface area contributed by atoms with Gasteiger partial charge in [-0.3, -0.25) is 9.59 Å². The van der Waals surface area contributed by atoms with Crippen LogP contribution in [0.1, 0.15) is 47.0 Å². The third-order valence-electron chi connectivity index (χ3n) is 5.81. The van der Waals surface area contributed by atoms with Crippen molar-refractivity contribution < 1.29 is 24.0 Å². The van der Waals surface area contributed by atoms with Gasteiger partial charge in [0.2, 0.25) is 0 Å². The molecule has 1 aliphatic carbocycles. The summed E-state index contributed by atoms with van der Waals surface area (Å²) in [6, 6.07) is 5.59. The first-order valence-electron chi connectivity index (χ1n) is 11.1. The van der Waals surface area contributed by atoms with E-state index >= 15 is 0 Å². The zero-order chi connectivity index (χ0) is 22.1. The van der Waals surface area contributed by atoms with Gasteiger partial charge in [-0.05, 0) is 44.2 Å². The molecule has 0 bridgehead atoms. The fourth-order valence-corrected chi connectivity index (χ4v) is 3.99. The van der Waals surface area contributed by atoms with E-state index in [0.29, 0.717) is 42.2 Å². The summed E-state index contributed by atoms with van der Waals surface area (Å²) in [5, 5.41) is 6.05. The maximum absolute atomic E-state index is 12.4. The Morgan fingerprint density at radius 1 is 1.03 bits per heavy atom. The van der Waals surface area contributed by atoms with Crippen molar-refractivity contribution in [1.29, 1.82) is 0 Å². The molecular formula is C23H38N3O4+. The fraction of sp³-hybridized carbons (Fsp3) is 0.652. The quantitative estimate of drug-likeness (QED) is 0.540. The van der Waals surface area contributed by atoms with Gasteiger partial charge in [-0.25, -0.2) is 0 Å². The molecule has 0 heterocycles. The molecule has 0 saturated heterocycles. The lowest BCUT2D eigenvalue weighted by molar-refractivity contribution is -0.862. The highest BCUT2D eigenvalue weighted by Crippen LogP contribution is 2.31. The summed E-state index contributed by atoms with van der Waals surface area (Å²) in [5.41, 5.74) is 0.647. The standard InChI is InChI=1S/C23H37N3O4/c1-6-29-20-12-11-18(13-21(20)30-7-2)24-22(27)14-26(5)15-23(28)25-19-10-8-9-16(3)17(19)4/h11-13,16-17,19H,6-10,14-15H2,1-5H3,(H,24,27)(H,25,28)/p+1/t16-,17-,19-/m0/s1. The third-order valence-corrected chi connectivity index (χ3v) is 5.81. The van der Waals surface area contributed by atoms with Gasteiger partial charge in [0.15, 0.2) is 24.6 Å². The van der Waals surface area contributed by atoms with E-state index < -0.39 is 0 Å². The second-order valence-corrected chi connectivity index (χ2v) is 8.33. The van der Waals surface area contributed by atoms with E-state index in [-0.39, 0.29) is 30.9 Å². The number of benzene rings is 1. The zero-order valence-electron chi connectivity index (χ0n) is 19.0. The van der Waals surface area contributed by atoms with E-state index in [9.17, 15) is 9.59 Å². The van der Waals surface area contributed by atoms with Gasteiger partial charge in [-0.2, -0.15) is 0 Å². The lowest BCUT2D eigenvalue weighted by atomic mass is 9.78. The van der Waals surface area contributed by atoms with Crippen LogP contribution in [0.3, 0.4) is 0 Å². The van der Waals surface area contributed by atoms with Crippen LogP contribution in [0.25, 0.3) is 0 Å². The second-order valence-electron chi connectivity index (χ2n) is 8.33. The summed E-state index contributed by atoms with van der Waals surface area (Å²) in [6.45, 7) is 9.82. The van der Waals surface area contributed by atoms with Crippen molar-refractivity contribution in [2.75, 3.05) is 38.7 Å². The Kier molecular flexibility index (Phi) is 9.43. The topological polar surface area (TPSA) is 81.1 Å². The first-order chi connectivity index (χ1) is 14.3. The molecule has 30 heavy (non-hydrogen) atoms. The molecule has 1 aliphatic rings. The number of hydrogen-bond donors (Lipinski definition) is 3. The van der Waals surface area contributed by atoms with Gasteiger partial charge >= 0.3 is 0 Å². The van der Waals surface area contributed by atoms with E-state index in [0.717, 1.165) is 17.7 Å². The second kappa shape index (κ2) is 11.8. The highest BCUT2D eigenvalue weighted by atomic mass is 16.5. The highest BCUT2D eigenvalue weighted by molar-refractivity contribution is 5.92. The zero-order valence-corrected chi connectivity index (χ0v) is 19.0. The first kappa shape index (κ1) is 24.0. The van der Waals surface area contributed by atoms with Crippen molar-refractivity contribution in [2.24, 2.45) is 11.8 Å². The van der Waals surface area contributed by atoms with E-state index in [1.807, 2.05) is 20.9 Å². The minimum absolute atomic E-state index is 0.00551. The molecule has 7 heteroatoms. The third kappa shape index (κ3) is 7.20. The molecule has 1 aromatic carbocycles. The maximum Gasteiger partial charge on any atom is 0.279 e. The van der Waals surface area contributed by atoms with Crippen LogP contribution in [-0.4, -0.2) is 51.2 Å². The number of anilines is 1. The largest absolute Gasteiger partial charge is 0.490 e. The molecule has 0 spiro atoms. The Labute approximate surface area is 180 Å². The number of hydrogen-bond acceptors (Lipinski definition) is 4. The lowest BCUT2D eigenvalue weighted by Gasteiger charge is -2.34. The molecule has 1 fully saturated rings. The summed E-state index contributed by atoms with van der Waals surface area (Å²) in [4.78, 5) is 25.7. The number of quaternary nitrogens is 1. The van der Waals surface area contributed by atoms with Crippen molar-refractivity contribution in [1.82, 2.24) is 5.32 Å². The summed E-state index contributed by atoms with van der Waals surface area (Å²) in [6.07, 6.45) is 3.43. The van der Waals surface area contributed by atoms with E-state index in [2.05, 4.69) is 24.5 Å². The van der Waals surface area contributed by atoms with E-state index in [1.165, 1.54) is 6.42 Å². The molecule has 1 aromatic rings. The van der Waals surface area contributed by atoms with E-state index in [4.69, 9.17) is 9.47 Å². The van der Waals surface area contributed by atoms with Crippen LogP contribution in [0.15, 0.2) is 18.2 Å². The molecule has 3 N–H and O–H groups in total. The molecule has 0 radical (unpaired) electrons. The number of carbonyl (C=O) groups is 2. The molecular weight excluding hydrogens is 382 g/mol. The number of amides is 2. The van der Waals surface area contributed by atoms with Gasteiger partial charge in [0.05, 0.1) is 20.3 Å². The Bertz CT molecular complexity index is 710. The summed E-state index contributed by atoms with van der Waals surface area (Å²) in [5.74, 6) is 2.25. The Morgan fingerprint density at radius 3 is 2.40 bits per heavy atom. The van der Waals surface area contributed by atoms with Crippen LogP contribution in [0, 0.1) is 11.8 Å². The maximum atomic E-state index is 12.4. The normalized spacial score (nSPS) is 22.1. The van der Waals surface area contributed by atoms with E-state index in [1.54, 1.807) is 18.2 Å². The van der Waals surface area contributed by atoms with Gasteiger partial charge < -0.3 is 25.0 Å². The predicted molar refractivity (Wildman–Crippen MR) is 118 cm³/mol. The lowest BCUT2D eigenvalue weighted by Crippen LogP contribution is -3.11. The van der Waals surface area contributed by atoms with Crippen LogP contribution < -0.4 is 25.0 Å². The van der Waals surface area contributed by atoms with Crippen LogP contribution >= 0.6 is 0 Å². The fourth-order valence-electron chi connectivity index (χ4n) is 3.99. The smallest absolute Gasteiger partial charge is 0.279 e. The molecule has 1 saturated carbocycles. The van der Waals surface area contributed by atoms with Crippen LogP contribution in [0.5, 0.6) is 11.5 Å². The van der Waals surface area contributed by atoms with Crippen LogP contribution in [0.2, 0.25) is 0 Å². The van der Waals surface area contributed by atoms with Crippen molar-refractivity contribution in [3.8, 4) is 11.5 Å². The number of carbonyl (C=O) groups excluding carboxylic acids is 2. The molecule has 7 nitrogen and oxygen atoms in total. The average molecular weight is 421 g/mol. The van der Waals surface area contributed by atoms with Crippen molar-refractivity contribution in [3.05, 3.63) is 18.2 Å². The van der Waals surface area contributed by atoms with Crippen molar-refractivity contribution in [2.45, 2.75) is 53.0 Å². The number of rotatable bonds is 10. The van der Waals surface area contributed by atoms with Crippen molar-refractivity contribution in [3.63, 3.8) is 0 Å². The van der Waals surface area contributed by atoms with Gasteiger partial charge in [-0.1, -0.05) is 26.7 Å². The number of likely N-dealkylation sites (N-methyl/N-ethyl adjacent to an activating group) is 1. The van der Waals surface area contributed by atoms with Gasteiger partial charge in [-0.15, -0.1) is 0 Å². The summed E-state index contributed by atoms with van der Waals surface area (Å²) in [7, 11) is 1.86. The minimum Gasteiger partial charge on any atom is -0.490 e. The highest BCUT2D eigenvalue weighted by Gasteiger charge is 2.28. The van der Waals surface area contributed by atoms with Crippen molar-refractivity contribution >= 4 is 17.5 Å². The monoisotopic (exact) mass is 420 g/mol.